The van der Waals surface area contributed by atoms with Crippen molar-refractivity contribution in [3.63, 3.8) is 0 Å². The van der Waals surface area contributed by atoms with Crippen LogP contribution < -0.4 is 11.1 Å². The van der Waals surface area contributed by atoms with Crippen LogP contribution in [-0.4, -0.2) is 44.7 Å². The molecule has 4 aromatic rings. The summed E-state index contributed by atoms with van der Waals surface area (Å²) in [6, 6.07) is 17.4. The molecule has 0 saturated heterocycles. The van der Waals surface area contributed by atoms with Gasteiger partial charge in [0.25, 0.3) is 11.1 Å². The summed E-state index contributed by atoms with van der Waals surface area (Å²) < 4.78 is 12.6. The number of nitrogens with one attached hydrogen (secondary N) is 2. The molecule has 10 heteroatoms. The summed E-state index contributed by atoms with van der Waals surface area (Å²) >= 11 is 0. The minimum absolute atomic E-state index is 0.0184. The molecule has 0 bridgehead atoms. The molecule has 4 rings (SSSR count). The number of carbonyl (C=O) groups excluding carboxylic acids is 2. The number of hydrogen-bond acceptors (Lipinski definition) is 6. The Labute approximate surface area is 211 Å². The third kappa shape index (κ3) is 5.14. The lowest BCUT2D eigenvalue weighted by atomic mass is 10.2. The van der Waals surface area contributed by atoms with Crippen molar-refractivity contribution in [2.75, 3.05) is 13.2 Å². The second kappa shape index (κ2) is 11.1. The lowest BCUT2D eigenvalue weighted by Gasteiger charge is -2.01. The zero-order valence-corrected chi connectivity index (χ0v) is 20.2. The monoisotopic (exact) mass is 500 g/mol. The van der Waals surface area contributed by atoms with Crippen LogP contribution in [0.3, 0.4) is 0 Å². The Morgan fingerprint density at radius 1 is 0.730 bits per heavy atom. The largest absolute Gasteiger partial charge is 0.461 e. The third-order valence-corrected chi connectivity index (χ3v) is 5.30. The second-order valence-corrected chi connectivity index (χ2v) is 7.65. The highest BCUT2D eigenvalue weighted by Gasteiger charge is 2.22. The summed E-state index contributed by atoms with van der Waals surface area (Å²) in [7, 11) is 0. The minimum Gasteiger partial charge on any atom is -0.461 e. The molecule has 0 radical (unpaired) electrons. The zero-order chi connectivity index (χ0) is 26.4. The molecule has 0 spiro atoms. The van der Waals surface area contributed by atoms with E-state index >= 15 is 0 Å². The van der Waals surface area contributed by atoms with Gasteiger partial charge < -0.3 is 9.47 Å². The van der Waals surface area contributed by atoms with Crippen molar-refractivity contribution in [3.8, 4) is 11.4 Å². The van der Waals surface area contributed by atoms with Crippen LogP contribution in [0.5, 0.6) is 0 Å². The SMILES string of the molecule is CCOC(=O)c1[nH]n(-c2ccccc2)c(=O)c1C=C=Cc1c(C(=O)OCC)[nH]n(-c2ccccc2)c1=O. The lowest BCUT2D eigenvalue weighted by molar-refractivity contribution is 0.0509. The van der Waals surface area contributed by atoms with Gasteiger partial charge in [0, 0.05) is 0 Å². The van der Waals surface area contributed by atoms with Gasteiger partial charge in [0.1, 0.15) is 0 Å². The van der Waals surface area contributed by atoms with Crippen molar-refractivity contribution in [2.45, 2.75) is 13.8 Å². The number of carbonyl (C=O) groups is 2. The Kier molecular flexibility index (Phi) is 7.51. The molecular weight excluding hydrogens is 476 g/mol. The van der Waals surface area contributed by atoms with E-state index in [0.29, 0.717) is 11.4 Å². The summed E-state index contributed by atoms with van der Waals surface area (Å²) in [4.78, 5) is 51.4. The molecule has 10 nitrogen and oxygen atoms in total. The molecule has 2 N–H and O–H groups in total. The van der Waals surface area contributed by atoms with Gasteiger partial charge in [-0.3, -0.25) is 19.8 Å². The summed E-state index contributed by atoms with van der Waals surface area (Å²) in [5.41, 5.74) is 2.59. The summed E-state index contributed by atoms with van der Waals surface area (Å²) in [6.45, 7) is 3.53. The second-order valence-electron chi connectivity index (χ2n) is 7.65. The number of aromatic amines is 2. The quantitative estimate of drug-likeness (QED) is 0.282. The standard InChI is InChI=1S/C27H24N4O6/c1-3-36-26(34)22-20(24(32)30(28-22)18-12-7-5-8-13-18)16-11-17-21-23(27(35)37-4-2)29-31(25(21)33)19-14-9-6-10-15-19/h5-10,12-17,28-29H,3-4H2,1-2H3. The number of aromatic nitrogens is 4. The fourth-order valence-electron chi connectivity index (χ4n) is 3.61. The van der Waals surface area contributed by atoms with Crippen LogP contribution in [0.15, 0.2) is 76.0 Å². The van der Waals surface area contributed by atoms with E-state index in [0.717, 1.165) is 0 Å². The van der Waals surface area contributed by atoms with Crippen molar-refractivity contribution in [3.05, 3.63) is 110 Å². The number of para-hydroxylation sites is 2. The molecule has 0 amide bonds. The fourth-order valence-corrected chi connectivity index (χ4v) is 3.61. The number of esters is 2. The van der Waals surface area contributed by atoms with Gasteiger partial charge in [0.05, 0.1) is 35.7 Å². The Balaban J connectivity index is 1.84. The zero-order valence-electron chi connectivity index (χ0n) is 20.2. The van der Waals surface area contributed by atoms with Gasteiger partial charge in [-0.25, -0.2) is 19.0 Å². The van der Waals surface area contributed by atoms with Crippen molar-refractivity contribution in [1.82, 2.24) is 19.6 Å². The van der Waals surface area contributed by atoms with E-state index in [-0.39, 0.29) is 35.7 Å². The van der Waals surface area contributed by atoms with Crippen LogP contribution in [0.4, 0.5) is 0 Å². The molecule has 2 heterocycles. The number of H-pyrrole nitrogens is 2. The number of ether oxygens (including phenoxy) is 2. The molecule has 37 heavy (non-hydrogen) atoms. The maximum atomic E-state index is 13.2. The van der Waals surface area contributed by atoms with E-state index in [1.807, 2.05) is 0 Å². The first-order chi connectivity index (χ1) is 18.0. The third-order valence-electron chi connectivity index (χ3n) is 5.30. The van der Waals surface area contributed by atoms with Crippen molar-refractivity contribution >= 4 is 24.1 Å². The van der Waals surface area contributed by atoms with Crippen LogP contribution in [-0.2, 0) is 9.47 Å². The Bertz CT molecular complexity index is 1480. The molecule has 2 aromatic heterocycles. The lowest BCUT2D eigenvalue weighted by Crippen LogP contribution is -2.16. The average molecular weight is 501 g/mol. The average Bonchev–Trinajstić information content (AvgIpc) is 3.42. The number of benzene rings is 2. The molecule has 0 saturated carbocycles. The van der Waals surface area contributed by atoms with Crippen molar-refractivity contribution in [2.24, 2.45) is 0 Å². The van der Waals surface area contributed by atoms with Crippen molar-refractivity contribution in [1.29, 1.82) is 0 Å². The van der Waals surface area contributed by atoms with Crippen molar-refractivity contribution < 1.29 is 19.1 Å². The maximum Gasteiger partial charge on any atom is 0.357 e. The van der Waals surface area contributed by atoms with Gasteiger partial charge in [0.15, 0.2) is 11.4 Å². The molecular formula is C27H24N4O6. The normalized spacial score (nSPS) is 10.4. The summed E-state index contributed by atoms with van der Waals surface area (Å²) in [5.74, 6) is -1.44. The van der Waals surface area contributed by atoms with E-state index < -0.39 is 23.1 Å². The molecule has 0 atom stereocenters. The minimum atomic E-state index is -0.720. The predicted molar refractivity (Wildman–Crippen MR) is 137 cm³/mol. The fraction of sp³-hybridized carbons (Fsp3) is 0.148. The first kappa shape index (κ1) is 25.0. The van der Waals surface area contributed by atoms with E-state index in [4.69, 9.17) is 9.47 Å². The molecule has 0 aliphatic carbocycles. The van der Waals surface area contributed by atoms with E-state index in [1.165, 1.54) is 21.5 Å². The number of nitrogens with zero attached hydrogens (tertiary/aromatic N) is 2. The highest BCUT2D eigenvalue weighted by molar-refractivity contribution is 5.93. The molecule has 0 aliphatic rings. The Morgan fingerprint density at radius 3 is 1.46 bits per heavy atom. The Hall–Kier alpha value is -5.08. The molecule has 0 aliphatic heterocycles. The smallest absolute Gasteiger partial charge is 0.357 e. The predicted octanol–water partition coefficient (Wildman–Crippen LogP) is 3.32. The maximum absolute atomic E-state index is 13.2. The van der Waals surface area contributed by atoms with E-state index in [2.05, 4.69) is 15.9 Å². The van der Waals surface area contributed by atoms with E-state index in [9.17, 15) is 19.2 Å². The number of hydrogen-bond donors (Lipinski definition) is 2. The first-order valence-corrected chi connectivity index (χ1v) is 11.5. The van der Waals surface area contributed by atoms with Gasteiger partial charge >= 0.3 is 11.9 Å². The van der Waals surface area contributed by atoms with E-state index in [1.54, 1.807) is 74.5 Å². The highest BCUT2D eigenvalue weighted by atomic mass is 16.5. The summed E-state index contributed by atoms with van der Waals surface area (Å²) in [5, 5.41) is 5.56. The summed E-state index contributed by atoms with van der Waals surface area (Å²) in [6.07, 6.45) is 2.53. The topological polar surface area (TPSA) is 128 Å². The molecule has 188 valence electrons. The van der Waals surface area contributed by atoms with Gasteiger partial charge in [-0.2, -0.15) is 0 Å². The van der Waals surface area contributed by atoms with Crippen LogP contribution in [0, 0.1) is 0 Å². The molecule has 0 fully saturated rings. The highest BCUT2D eigenvalue weighted by Crippen LogP contribution is 2.13. The van der Waals surface area contributed by atoms with Gasteiger partial charge in [-0.05, 0) is 50.3 Å². The van der Waals surface area contributed by atoms with Gasteiger partial charge in [0.2, 0.25) is 0 Å². The van der Waals surface area contributed by atoms with Crippen LogP contribution in [0.25, 0.3) is 23.5 Å². The van der Waals surface area contributed by atoms with Gasteiger partial charge in [-0.15, -0.1) is 5.73 Å². The van der Waals surface area contributed by atoms with Crippen LogP contribution >= 0.6 is 0 Å². The van der Waals surface area contributed by atoms with Crippen LogP contribution in [0.2, 0.25) is 0 Å². The first-order valence-electron chi connectivity index (χ1n) is 11.5. The van der Waals surface area contributed by atoms with Gasteiger partial charge in [-0.1, -0.05) is 36.4 Å². The molecule has 0 unspecified atom stereocenters. The number of rotatable bonds is 8. The molecule has 2 aromatic carbocycles. The van der Waals surface area contributed by atoms with Crippen LogP contribution in [0.1, 0.15) is 46.0 Å². The Morgan fingerprint density at radius 2 is 1.11 bits per heavy atom.